The molecule has 2 rings (SSSR count). The minimum Gasteiger partial charge on any atom is -0.126 e. The topological polar surface area (TPSA) is 0 Å². The van der Waals surface area contributed by atoms with Crippen LogP contribution in [-0.2, 0) is 0 Å². The first-order chi connectivity index (χ1) is 4.27. The molecule has 0 aromatic heterocycles. The van der Waals surface area contributed by atoms with Crippen LogP contribution in [0.3, 0.4) is 0 Å². The molecule has 0 aliphatic heterocycles. The van der Waals surface area contributed by atoms with Gasteiger partial charge in [-0.3, -0.25) is 0 Å². The molecule has 2 aliphatic rings. The van der Waals surface area contributed by atoms with Crippen molar-refractivity contribution in [3.63, 3.8) is 0 Å². The first-order valence-corrected chi connectivity index (χ1v) is 4.37. The lowest BCUT2D eigenvalue weighted by Crippen LogP contribution is -2.00. The minimum atomic E-state index is 0.696. The van der Waals surface area contributed by atoms with E-state index < -0.39 is 0 Å². The zero-order valence-electron chi connectivity index (χ0n) is 5.86. The molecule has 0 nitrogen and oxygen atoms in total. The molecule has 0 radical (unpaired) electrons. The molecular formula is C8H13Cl. The average molecular weight is 145 g/mol. The van der Waals surface area contributed by atoms with E-state index in [-0.39, 0.29) is 0 Å². The first-order valence-electron chi connectivity index (χ1n) is 3.83. The van der Waals surface area contributed by atoms with Crippen LogP contribution in [0.2, 0.25) is 0 Å². The van der Waals surface area contributed by atoms with Gasteiger partial charge >= 0.3 is 0 Å². The zero-order valence-corrected chi connectivity index (χ0v) is 6.62. The number of rotatable bonds is 2. The summed E-state index contributed by atoms with van der Waals surface area (Å²) in [6.45, 7) is 2.40. The highest BCUT2D eigenvalue weighted by atomic mass is 35.5. The van der Waals surface area contributed by atoms with Crippen molar-refractivity contribution in [1.82, 2.24) is 0 Å². The third-order valence-electron chi connectivity index (χ3n) is 3.15. The van der Waals surface area contributed by atoms with E-state index in [1.54, 1.807) is 0 Å². The standard InChI is InChI=1S/C8H13Cl/c1-8(6-2-3-6)4-7(8)5-9/h6-7H,2-5H2,1H3. The summed E-state index contributed by atoms with van der Waals surface area (Å²) in [7, 11) is 0. The molecule has 0 aromatic carbocycles. The van der Waals surface area contributed by atoms with E-state index in [2.05, 4.69) is 6.92 Å². The Labute approximate surface area is 61.6 Å². The fourth-order valence-corrected chi connectivity index (χ4v) is 2.41. The van der Waals surface area contributed by atoms with E-state index in [0.717, 1.165) is 17.7 Å². The molecule has 2 unspecified atom stereocenters. The second-order valence-electron chi connectivity index (χ2n) is 3.84. The van der Waals surface area contributed by atoms with Crippen molar-refractivity contribution in [3.8, 4) is 0 Å². The van der Waals surface area contributed by atoms with Gasteiger partial charge in [-0.25, -0.2) is 0 Å². The van der Waals surface area contributed by atoms with Crippen LogP contribution in [0.5, 0.6) is 0 Å². The summed E-state index contributed by atoms with van der Waals surface area (Å²) in [5, 5.41) is 0. The van der Waals surface area contributed by atoms with Gasteiger partial charge in [-0.15, -0.1) is 11.6 Å². The Morgan fingerprint density at radius 3 is 2.56 bits per heavy atom. The Morgan fingerprint density at radius 1 is 1.56 bits per heavy atom. The lowest BCUT2D eigenvalue weighted by atomic mass is 10.0. The predicted octanol–water partition coefficient (Wildman–Crippen LogP) is 2.66. The summed E-state index contributed by atoms with van der Waals surface area (Å²) in [5.74, 6) is 2.82. The van der Waals surface area contributed by atoms with Crippen LogP contribution in [-0.4, -0.2) is 5.88 Å². The summed E-state index contributed by atoms with van der Waals surface area (Å²) < 4.78 is 0. The van der Waals surface area contributed by atoms with Crippen molar-refractivity contribution in [2.45, 2.75) is 26.2 Å². The van der Waals surface area contributed by atoms with E-state index in [0.29, 0.717) is 5.41 Å². The van der Waals surface area contributed by atoms with Crippen LogP contribution >= 0.6 is 11.6 Å². The van der Waals surface area contributed by atoms with Gasteiger partial charge in [0.2, 0.25) is 0 Å². The molecule has 52 valence electrons. The molecule has 2 aliphatic carbocycles. The van der Waals surface area contributed by atoms with Crippen molar-refractivity contribution >= 4 is 11.6 Å². The second-order valence-corrected chi connectivity index (χ2v) is 4.14. The normalized spacial score (nSPS) is 49.3. The highest BCUT2D eigenvalue weighted by molar-refractivity contribution is 6.18. The van der Waals surface area contributed by atoms with Gasteiger partial charge in [-0.2, -0.15) is 0 Å². The summed E-state index contributed by atoms with van der Waals surface area (Å²) in [6.07, 6.45) is 4.36. The summed E-state index contributed by atoms with van der Waals surface area (Å²) in [4.78, 5) is 0. The van der Waals surface area contributed by atoms with E-state index >= 15 is 0 Å². The molecule has 0 amide bonds. The smallest absolute Gasteiger partial charge is 0.0257 e. The van der Waals surface area contributed by atoms with Gasteiger partial charge in [0, 0.05) is 5.88 Å². The maximum Gasteiger partial charge on any atom is 0.0257 e. The maximum absolute atomic E-state index is 5.76. The van der Waals surface area contributed by atoms with Gasteiger partial charge in [0.1, 0.15) is 0 Å². The molecule has 2 fully saturated rings. The lowest BCUT2D eigenvalue weighted by molar-refractivity contribution is 0.451. The fourth-order valence-electron chi connectivity index (χ4n) is 1.95. The molecule has 0 N–H and O–H groups in total. The molecule has 0 saturated heterocycles. The summed E-state index contributed by atoms with van der Waals surface area (Å²) in [5.41, 5.74) is 0.696. The van der Waals surface area contributed by atoms with Crippen LogP contribution in [0.15, 0.2) is 0 Å². The van der Waals surface area contributed by atoms with Gasteiger partial charge in [0.05, 0.1) is 0 Å². The quantitative estimate of drug-likeness (QED) is 0.523. The molecular weight excluding hydrogens is 132 g/mol. The highest BCUT2D eigenvalue weighted by Crippen LogP contribution is 2.65. The molecule has 1 heteroatoms. The Hall–Kier alpha value is 0.290. The average Bonchev–Trinajstić information content (AvgIpc) is 2.54. The maximum atomic E-state index is 5.76. The summed E-state index contributed by atoms with van der Waals surface area (Å²) in [6, 6.07) is 0. The lowest BCUT2D eigenvalue weighted by Gasteiger charge is -2.05. The Kier molecular flexibility index (Phi) is 1.11. The van der Waals surface area contributed by atoms with Crippen LogP contribution in [0.1, 0.15) is 26.2 Å². The number of alkyl halides is 1. The molecule has 0 spiro atoms. The van der Waals surface area contributed by atoms with E-state index in [9.17, 15) is 0 Å². The molecule has 9 heavy (non-hydrogen) atoms. The number of hydrogen-bond acceptors (Lipinski definition) is 0. The van der Waals surface area contributed by atoms with Crippen molar-refractivity contribution in [1.29, 1.82) is 0 Å². The SMILES string of the molecule is CC1(C2CC2)CC1CCl. The predicted molar refractivity (Wildman–Crippen MR) is 39.7 cm³/mol. The number of halogens is 1. The van der Waals surface area contributed by atoms with Gasteiger partial charge in [-0.1, -0.05) is 6.92 Å². The number of hydrogen-bond donors (Lipinski definition) is 0. The van der Waals surface area contributed by atoms with Gasteiger partial charge in [0.15, 0.2) is 0 Å². The molecule has 0 aromatic rings. The van der Waals surface area contributed by atoms with Crippen LogP contribution in [0, 0.1) is 17.3 Å². The second kappa shape index (κ2) is 1.66. The highest BCUT2D eigenvalue weighted by Gasteiger charge is 2.57. The summed E-state index contributed by atoms with van der Waals surface area (Å²) >= 11 is 5.76. The van der Waals surface area contributed by atoms with Crippen molar-refractivity contribution in [3.05, 3.63) is 0 Å². The van der Waals surface area contributed by atoms with Crippen molar-refractivity contribution in [2.24, 2.45) is 17.3 Å². The van der Waals surface area contributed by atoms with E-state index in [1.165, 1.54) is 19.3 Å². The van der Waals surface area contributed by atoms with Crippen molar-refractivity contribution in [2.75, 3.05) is 5.88 Å². The molecule has 0 heterocycles. The Balaban J connectivity index is 1.95. The van der Waals surface area contributed by atoms with E-state index in [4.69, 9.17) is 11.6 Å². The van der Waals surface area contributed by atoms with Crippen molar-refractivity contribution < 1.29 is 0 Å². The zero-order chi connectivity index (χ0) is 6.48. The third kappa shape index (κ3) is 0.797. The van der Waals surface area contributed by atoms with Gasteiger partial charge in [-0.05, 0) is 36.5 Å². The van der Waals surface area contributed by atoms with Crippen LogP contribution < -0.4 is 0 Å². The Morgan fingerprint density at radius 2 is 2.22 bits per heavy atom. The van der Waals surface area contributed by atoms with Crippen LogP contribution in [0.25, 0.3) is 0 Å². The molecule has 0 bridgehead atoms. The molecule has 2 saturated carbocycles. The van der Waals surface area contributed by atoms with Crippen LogP contribution in [0.4, 0.5) is 0 Å². The first kappa shape index (κ1) is 6.03. The molecule has 2 atom stereocenters. The van der Waals surface area contributed by atoms with Gasteiger partial charge in [0.25, 0.3) is 0 Å². The minimum absolute atomic E-state index is 0.696. The fraction of sp³-hybridized carbons (Fsp3) is 1.00. The van der Waals surface area contributed by atoms with E-state index in [1.807, 2.05) is 0 Å². The monoisotopic (exact) mass is 144 g/mol. The Bertz CT molecular complexity index is 129. The largest absolute Gasteiger partial charge is 0.126 e. The third-order valence-corrected chi connectivity index (χ3v) is 3.53. The van der Waals surface area contributed by atoms with Gasteiger partial charge < -0.3 is 0 Å².